The largest absolute Gasteiger partial charge is 0.463 e. The Bertz CT molecular complexity index is 581. The predicted molar refractivity (Wildman–Crippen MR) is 76.6 cm³/mol. The standard InChI is InChI=1S/C13H19NO7S/c1-3-20-11(16)4-5-12(17)21-8-10(15)14-13(2)6-7-22(18,19)9-13/h4-5H,3,6-9H2,1-2H3,(H,14,15)/b5-4+/t13-/m1/s1. The van der Waals surface area contributed by atoms with Crippen LogP contribution in [0.4, 0.5) is 0 Å². The van der Waals surface area contributed by atoms with Crippen molar-refractivity contribution in [3.63, 3.8) is 0 Å². The number of hydrogen-bond acceptors (Lipinski definition) is 7. The summed E-state index contributed by atoms with van der Waals surface area (Å²) in [6, 6.07) is 0. The molecule has 9 heteroatoms. The van der Waals surface area contributed by atoms with E-state index in [9.17, 15) is 22.8 Å². The van der Waals surface area contributed by atoms with E-state index >= 15 is 0 Å². The molecule has 22 heavy (non-hydrogen) atoms. The Hall–Kier alpha value is -1.90. The third-order valence-electron chi connectivity index (χ3n) is 2.93. The molecular formula is C13H19NO7S. The molecule has 0 spiro atoms. The molecule has 0 saturated carbocycles. The highest BCUT2D eigenvalue weighted by atomic mass is 32.2. The Kier molecular flexibility index (Phi) is 6.10. The molecule has 1 N–H and O–H groups in total. The monoisotopic (exact) mass is 333 g/mol. The lowest BCUT2D eigenvalue weighted by atomic mass is 10.0. The average Bonchev–Trinajstić information content (AvgIpc) is 2.68. The summed E-state index contributed by atoms with van der Waals surface area (Å²) >= 11 is 0. The van der Waals surface area contributed by atoms with E-state index in [4.69, 9.17) is 0 Å². The number of hydrogen-bond donors (Lipinski definition) is 1. The van der Waals surface area contributed by atoms with E-state index in [1.54, 1.807) is 13.8 Å². The van der Waals surface area contributed by atoms with Crippen molar-refractivity contribution in [2.24, 2.45) is 0 Å². The first-order valence-electron chi connectivity index (χ1n) is 6.69. The first-order valence-corrected chi connectivity index (χ1v) is 8.51. The summed E-state index contributed by atoms with van der Waals surface area (Å²) in [5.41, 5.74) is -0.844. The summed E-state index contributed by atoms with van der Waals surface area (Å²) in [6.07, 6.45) is 2.07. The first-order chi connectivity index (χ1) is 10.2. The van der Waals surface area contributed by atoms with Crippen LogP contribution in [-0.4, -0.2) is 56.5 Å². The van der Waals surface area contributed by atoms with Crippen LogP contribution in [0.2, 0.25) is 0 Å². The van der Waals surface area contributed by atoms with Gasteiger partial charge in [-0.3, -0.25) is 4.79 Å². The van der Waals surface area contributed by atoms with Gasteiger partial charge in [-0.1, -0.05) is 0 Å². The smallest absolute Gasteiger partial charge is 0.331 e. The molecule has 1 heterocycles. The lowest BCUT2D eigenvalue weighted by Crippen LogP contribution is -2.48. The number of carbonyl (C=O) groups is 3. The zero-order valence-electron chi connectivity index (χ0n) is 12.5. The summed E-state index contributed by atoms with van der Waals surface area (Å²) in [7, 11) is -3.14. The Morgan fingerprint density at radius 3 is 2.27 bits per heavy atom. The molecule has 0 aromatic rings. The zero-order chi connectivity index (χ0) is 16.8. The molecule has 0 radical (unpaired) electrons. The molecule has 0 unspecified atom stereocenters. The SMILES string of the molecule is CCOC(=O)/C=C/C(=O)OCC(=O)N[C@]1(C)CCS(=O)(=O)C1. The first kappa shape index (κ1) is 18.1. The molecule has 0 aliphatic carbocycles. The van der Waals surface area contributed by atoms with E-state index in [0.29, 0.717) is 6.42 Å². The highest BCUT2D eigenvalue weighted by molar-refractivity contribution is 7.91. The molecule has 1 atom stereocenters. The summed E-state index contributed by atoms with van der Waals surface area (Å²) < 4.78 is 32.0. The summed E-state index contributed by atoms with van der Waals surface area (Å²) in [5, 5.41) is 2.54. The molecule has 1 fully saturated rings. The van der Waals surface area contributed by atoms with Crippen LogP contribution in [0, 0.1) is 0 Å². The van der Waals surface area contributed by atoms with Crippen LogP contribution >= 0.6 is 0 Å². The van der Waals surface area contributed by atoms with Crippen LogP contribution in [0.5, 0.6) is 0 Å². The van der Waals surface area contributed by atoms with Gasteiger partial charge in [0.25, 0.3) is 5.91 Å². The van der Waals surface area contributed by atoms with Crippen molar-refractivity contribution >= 4 is 27.7 Å². The molecule has 0 aromatic carbocycles. The molecule has 1 amide bonds. The number of esters is 2. The number of nitrogens with one attached hydrogen (secondary N) is 1. The Labute approximate surface area is 128 Å². The number of ether oxygens (including phenoxy) is 2. The van der Waals surface area contributed by atoms with Gasteiger partial charge in [-0.2, -0.15) is 0 Å². The van der Waals surface area contributed by atoms with E-state index in [-0.39, 0.29) is 18.1 Å². The molecule has 124 valence electrons. The van der Waals surface area contributed by atoms with Gasteiger partial charge in [0.05, 0.1) is 23.7 Å². The fourth-order valence-corrected chi connectivity index (χ4v) is 4.09. The molecule has 1 aliphatic rings. The van der Waals surface area contributed by atoms with Crippen LogP contribution < -0.4 is 5.32 Å². The molecule has 1 rings (SSSR count). The summed E-state index contributed by atoms with van der Waals surface area (Å²) in [6.45, 7) is 2.87. The second-order valence-electron chi connectivity index (χ2n) is 5.14. The number of amides is 1. The fourth-order valence-electron chi connectivity index (χ4n) is 1.99. The van der Waals surface area contributed by atoms with Crippen molar-refractivity contribution in [1.29, 1.82) is 0 Å². The highest BCUT2D eigenvalue weighted by Gasteiger charge is 2.39. The second-order valence-corrected chi connectivity index (χ2v) is 7.33. The highest BCUT2D eigenvalue weighted by Crippen LogP contribution is 2.22. The van der Waals surface area contributed by atoms with Gasteiger partial charge in [-0.05, 0) is 20.3 Å². The van der Waals surface area contributed by atoms with Crippen molar-refractivity contribution in [2.75, 3.05) is 24.7 Å². The van der Waals surface area contributed by atoms with Crippen LogP contribution in [0.15, 0.2) is 12.2 Å². The van der Waals surface area contributed by atoms with Crippen molar-refractivity contribution < 1.29 is 32.3 Å². The Morgan fingerprint density at radius 1 is 1.18 bits per heavy atom. The van der Waals surface area contributed by atoms with Gasteiger partial charge in [-0.15, -0.1) is 0 Å². The lowest BCUT2D eigenvalue weighted by molar-refractivity contribution is -0.144. The minimum Gasteiger partial charge on any atom is -0.463 e. The quantitative estimate of drug-likeness (QED) is 0.507. The summed E-state index contributed by atoms with van der Waals surface area (Å²) in [4.78, 5) is 33.9. The van der Waals surface area contributed by atoms with Crippen LogP contribution in [0.1, 0.15) is 20.3 Å². The van der Waals surface area contributed by atoms with Crippen molar-refractivity contribution in [2.45, 2.75) is 25.8 Å². The third kappa shape index (κ3) is 6.25. The lowest BCUT2D eigenvalue weighted by Gasteiger charge is -2.23. The normalized spacial score (nSPS) is 23.2. The Balaban J connectivity index is 2.37. The van der Waals surface area contributed by atoms with E-state index in [2.05, 4.69) is 14.8 Å². The Morgan fingerprint density at radius 2 is 1.77 bits per heavy atom. The van der Waals surface area contributed by atoms with Crippen LogP contribution in [0.3, 0.4) is 0 Å². The minimum absolute atomic E-state index is 0.0197. The fraction of sp³-hybridized carbons (Fsp3) is 0.615. The van der Waals surface area contributed by atoms with Gasteiger partial charge in [-0.25, -0.2) is 18.0 Å². The van der Waals surface area contributed by atoms with Crippen molar-refractivity contribution in [3.05, 3.63) is 12.2 Å². The summed E-state index contributed by atoms with van der Waals surface area (Å²) in [5.74, 6) is -2.27. The van der Waals surface area contributed by atoms with Gasteiger partial charge < -0.3 is 14.8 Å². The molecule has 1 saturated heterocycles. The molecular weight excluding hydrogens is 314 g/mol. The molecule has 8 nitrogen and oxygen atoms in total. The van der Waals surface area contributed by atoms with Gasteiger partial charge >= 0.3 is 11.9 Å². The van der Waals surface area contributed by atoms with Crippen molar-refractivity contribution in [3.8, 4) is 0 Å². The number of carbonyl (C=O) groups excluding carboxylic acids is 3. The molecule has 1 aliphatic heterocycles. The van der Waals surface area contributed by atoms with E-state index in [0.717, 1.165) is 12.2 Å². The second kappa shape index (κ2) is 7.39. The van der Waals surface area contributed by atoms with E-state index in [1.807, 2.05) is 0 Å². The van der Waals surface area contributed by atoms with Crippen LogP contribution in [-0.2, 0) is 33.7 Å². The van der Waals surface area contributed by atoms with Gasteiger partial charge in [0.1, 0.15) is 0 Å². The molecule has 0 aromatic heterocycles. The number of rotatable bonds is 6. The van der Waals surface area contributed by atoms with Gasteiger partial charge in [0.2, 0.25) is 0 Å². The van der Waals surface area contributed by atoms with Gasteiger partial charge in [0, 0.05) is 12.2 Å². The maximum atomic E-state index is 11.7. The topological polar surface area (TPSA) is 116 Å². The number of sulfone groups is 1. The van der Waals surface area contributed by atoms with Crippen LogP contribution in [0.25, 0.3) is 0 Å². The molecule has 0 bridgehead atoms. The van der Waals surface area contributed by atoms with E-state index < -0.39 is 39.8 Å². The van der Waals surface area contributed by atoms with E-state index in [1.165, 1.54) is 0 Å². The minimum atomic E-state index is -3.14. The third-order valence-corrected chi connectivity index (χ3v) is 4.84. The van der Waals surface area contributed by atoms with Crippen molar-refractivity contribution in [1.82, 2.24) is 5.32 Å². The van der Waals surface area contributed by atoms with Gasteiger partial charge in [0.15, 0.2) is 16.4 Å². The maximum absolute atomic E-state index is 11.7. The average molecular weight is 333 g/mol. The zero-order valence-corrected chi connectivity index (χ0v) is 13.3. The maximum Gasteiger partial charge on any atom is 0.331 e. The predicted octanol–water partition coefficient (Wildman–Crippen LogP) is -0.658.